The Morgan fingerprint density at radius 3 is 2.14 bits per heavy atom. The van der Waals surface area contributed by atoms with Crippen molar-refractivity contribution in [2.75, 3.05) is 0 Å². The van der Waals surface area contributed by atoms with Crippen LogP contribution in [0.1, 0.15) is 40.5 Å². The monoisotopic (exact) mass is 214 g/mol. The molecule has 0 aromatic rings. The lowest BCUT2D eigenvalue weighted by atomic mass is 10.2. The Hall–Kier alpha value is -0.0831. The molecule has 14 heavy (non-hydrogen) atoms. The van der Waals surface area contributed by atoms with Crippen molar-refractivity contribution in [2.45, 2.75) is 64.8 Å². The lowest BCUT2D eigenvalue weighted by Gasteiger charge is -2.38. The summed E-state index contributed by atoms with van der Waals surface area (Å²) < 4.78 is 6.21. The third-order valence-corrected chi connectivity index (χ3v) is 7.59. The van der Waals surface area contributed by atoms with Gasteiger partial charge in [0.1, 0.15) is 0 Å². The molecular formula is C12H26OSi. The SMILES string of the molecule is C=CC(CCC)O[Si](C)(C)C(C)(C)C. The fraction of sp³-hybridized carbons (Fsp3) is 0.833. The van der Waals surface area contributed by atoms with Crippen LogP contribution in [0, 0.1) is 0 Å². The molecule has 0 aliphatic rings. The van der Waals surface area contributed by atoms with E-state index < -0.39 is 8.32 Å². The molecule has 0 amide bonds. The molecule has 0 saturated carbocycles. The van der Waals surface area contributed by atoms with Crippen molar-refractivity contribution in [3.8, 4) is 0 Å². The highest BCUT2D eigenvalue weighted by molar-refractivity contribution is 6.74. The van der Waals surface area contributed by atoms with Gasteiger partial charge in [-0.3, -0.25) is 0 Å². The van der Waals surface area contributed by atoms with Crippen LogP contribution in [0.25, 0.3) is 0 Å². The highest BCUT2D eigenvalue weighted by Crippen LogP contribution is 2.37. The Morgan fingerprint density at radius 1 is 1.36 bits per heavy atom. The van der Waals surface area contributed by atoms with E-state index >= 15 is 0 Å². The second kappa shape index (κ2) is 5.13. The first-order chi connectivity index (χ1) is 6.24. The molecule has 84 valence electrons. The van der Waals surface area contributed by atoms with Crippen LogP contribution in [-0.2, 0) is 4.43 Å². The van der Waals surface area contributed by atoms with E-state index in [2.05, 4.69) is 47.4 Å². The first-order valence-electron chi connectivity index (χ1n) is 5.55. The molecule has 0 aromatic carbocycles. The summed E-state index contributed by atoms with van der Waals surface area (Å²) in [4.78, 5) is 0. The van der Waals surface area contributed by atoms with Crippen LogP contribution in [0.2, 0.25) is 18.1 Å². The summed E-state index contributed by atoms with van der Waals surface area (Å²) in [7, 11) is -1.60. The molecule has 0 spiro atoms. The second-order valence-corrected chi connectivity index (χ2v) is 10.2. The fourth-order valence-electron chi connectivity index (χ4n) is 1.06. The Morgan fingerprint density at radius 2 is 1.86 bits per heavy atom. The van der Waals surface area contributed by atoms with Crippen LogP contribution in [0.3, 0.4) is 0 Å². The second-order valence-electron chi connectivity index (χ2n) is 5.44. The van der Waals surface area contributed by atoms with Crippen molar-refractivity contribution in [1.82, 2.24) is 0 Å². The van der Waals surface area contributed by atoms with Crippen LogP contribution in [0.5, 0.6) is 0 Å². The van der Waals surface area contributed by atoms with Crippen LogP contribution < -0.4 is 0 Å². The van der Waals surface area contributed by atoms with Gasteiger partial charge < -0.3 is 4.43 Å². The van der Waals surface area contributed by atoms with E-state index in [0.29, 0.717) is 5.04 Å². The molecule has 0 aliphatic heterocycles. The molecule has 0 fully saturated rings. The fourth-order valence-corrected chi connectivity index (χ4v) is 2.39. The standard InChI is InChI=1S/C12H26OSi/c1-8-10-11(9-2)13-14(6,7)12(3,4)5/h9,11H,2,8,10H2,1,3-7H3. The van der Waals surface area contributed by atoms with E-state index in [1.807, 2.05) is 6.08 Å². The van der Waals surface area contributed by atoms with Gasteiger partial charge >= 0.3 is 0 Å². The van der Waals surface area contributed by atoms with Crippen molar-refractivity contribution in [1.29, 1.82) is 0 Å². The maximum absolute atomic E-state index is 6.21. The van der Waals surface area contributed by atoms with Gasteiger partial charge in [0.25, 0.3) is 0 Å². The summed E-state index contributed by atoms with van der Waals surface area (Å²) >= 11 is 0. The minimum atomic E-state index is -1.60. The first-order valence-corrected chi connectivity index (χ1v) is 8.46. The van der Waals surface area contributed by atoms with E-state index in [1.165, 1.54) is 0 Å². The van der Waals surface area contributed by atoms with Crippen molar-refractivity contribution in [2.24, 2.45) is 0 Å². The Bertz CT molecular complexity index is 179. The van der Waals surface area contributed by atoms with Gasteiger partial charge in [-0.25, -0.2) is 0 Å². The summed E-state index contributed by atoms with van der Waals surface area (Å²) in [5, 5.41) is 0.294. The van der Waals surface area contributed by atoms with Gasteiger partial charge in [-0.2, -0.15) is 0 Å². The first kappa shape index (κ1) is 13.9. The summed E-state index contributed by atoms with van der Waals surface area (Å²) in [6.07, 6.45) is 4.45. The predicted octanol–water partition coefficient (Wildman–Crippen LogP) is 4.36. The van der Waals surface area contributed by atoms with Crippen molar-refractivity contribution in [3.63, 3.8) is 0 Å². The van der Waals surface area contributed by atoms with E-state index in [-0.39, 0.29) is 6.10 Å². The quantitative estimate of drug-likeness (QED) is 0.488. The third kappa shape index (κ3) is 3.97. The van der Waals surface area contributed by atoms with Gasteiger partial charge in [0.2, 0.25) is 0 Å². The third-order valence-electron chi connectivity index (χ3n) is 3.09. The number of rotatable bonds is 5. The van der Waals surface area contributed by atoms with E-state index in [1.54, 1.807) is 0 Å². The Kier molecular flexibility index (Phi) is 5.10. The van der Waals surface area contributed by atoms with E-state index in [4.69, 9.17) is 4.43 Å². The van der Waals surface area contributed by atoms with Crippen molar-refractivity contribution >= 4 is 8.32 Å². The number of hydrogen-bond acceptors (Lipinski definition) is 1. The van der Waals surface area contributed by atoms with Crippen LogP contribution in [0.4, 0.5) is 0 Å². The van der Waals surface area contributed by atoms with Crippen LogP contribution in [0.15, 0.2) is 12.7 Å². The van der Waals surface area contributed by atoms with Gasteiger partial charge in [0, 0.05) is 0 Å². The molecule has 1 unspecified atom stereocenters. The largest absolute Gasteiger partial charge is 0.411 e. The number of hydrogen-bond donors (Lipinski definition) is 0. The van der Waals surface area contributed by atoms with E-state index in [9.17, 15) is 0 Å². The van der Waals surface area contributed by atoms with Gasteiger partial charge in [-0.15, -0.1) is 6.58 Å². The Labute approximate surface area is 90.7 Å². The average molecular weight is 214 g/mol. The zero-order valence-corrected chi connectivity index (χ0v) is 11.7. The molecule has 0 aromatic heterocycles. The van der Waals surface area contributed by atoms with Crippen molar-refractivity contribution in [3.05, 3.63) is 12.7 Å². The lowest BCUT2D eigenvalue weighted by molar-refractivity contribution is 0.214. The molecule has 0 aliphatic carbocycles. The zero-order valence-electron chi connectivity index (χ0n) is 10.7. The topological polar surface area (TPSA) is 9.23 Å². The minimum Gasteiger partial charge on any atom is -0.411 e. The highest BCUT2D eigenvalue weighted by atomic mass is 28.4. The predicted molar refractivity (Wildman–Crippen MR) is 67.2 cm³/mol. The molecule has 0 bridgehead atoms. The average Bonchev–Trinajstić information content (AvgIpc) is 2.01. The minimum absolute atomic E-state index is 0.251. The van der Waals surface area contributed by atoms with Gasteiger partial charge in [0.05, 0.1) is 6.10 Å². The maximum atomic E-state index is 6.21. The molecule has 0 radical (unpaired) electrons. The summed E-state index contributed by atoms with van der Waals surface area (Å²) in [6.45, 7) is 17.4. The summed E-state index contributed by atoms with van der Waals surface area (Å²) in [5.74, 6) is 0. The molecule has 0 N–H and O–H groups in total. The van der Waals surface area contributed by atoms with Gasteiger partial charge in [-0.05, 0) is 24.6 Å². The van der Waals surface area contributed by atoms with Crippen molar-refractivity contribution < 1.29 is 4.43 Å². The van der Waals surface area contributed by atoms with Crippen LogP contribution >= 0.6 is 0 Å². The summed E-state index contributed by atoms with van der Waals surface area (Å²) in [5.41, 5.74) is 0. The molecular weight excluding hydrogens is 188 g/mol. The molecule has 1 atom stereocenters. The molecule has 1 nitrogen and oxygen atoms in total. The van der Waals surface area contributed by atoms with E-state index in [0.717, 1.165) is 12.8 Å². The normalized spacial score (nSPS) is 15.3. The smallest absolute Gasteiger partial charge is 0.192 e. The van der Waals surface area contributed by atoms with Gasteiger partial charge in [0.15, 0.2) is 8.32 Å². The molecule has 2 heteroatoms. The molecule has 0 rings (SSSR count). The molecule has 0 saturated heterocycles. The zero-order chi connectivity index (χ0) is 11.4. The maximum Gasteiger partial charge on any atom is 0.192 e. The van der Waals surface area contributed by atoms with Crippen LogP contribution in [-0.4, -0.2) is 14.4 Å². The summed E-state index contributed by atoms with van der Waals surface area (Å²) in [6, 6.07) is 0. The Balaban J connectivity index is 4.39. The highest BCUT2D eigenvalue weighted by Gasteiger charge is 2.38. The van der Waals surface area contributed by atoms with Gasteiger partial charge in [-0.1, -0.05) is 40.2 Å². The lowest BCUT2D eigenvalue weighted by Crippen LogP contribution is -2.43. The molecule has 0 heterocycles.